The predicted molar refractivity (Wildman–Crippen MR) is 85.6 cm³/mol. The van der Waals surface area contributed by atoms with E-state index in [2.05, 4.69) is 58.7 Å². The lowest BCUT2D eigenvalue weighted by Gasteiger charge is -2.34. The molecule has 0 aromatic carbocycles. The van der Waals surface area contributed by atoms with Gasteiger partial charge in [0.05, 0.1) is 0 Å². The van der Waals surface area contributed by atoms with Gasteiger partial charge in [-0.25, -0.2) is 0 Å². The van der Waals surface area contributed by atoms with E-state index in [4.69, 9.17) is 0 Å². The van der Waals surface area contributed by atoms with Gasteiger partial charge < -0.3 is 10.2 Å². The van der Waals surface area contributed by atoms with Crippen LogP contribution < -0.4 is 5.32 Å². The summed E-state index contributed by atoms with van der Waals surface area (Å²) in [6.45, 7) is 20.1. The Kier molecular flexibility index (Phi) is 5.88. The zero-order valence-corrected chi connectivity index (χ0v) is 14.3. The molecule has 1 saturated heterocycles. The Hall–Kier alpha value is -0.0800. The molecule has 1 aliphatic heterocycles. The summed E-state index contributed by atoms with van der Waals surface area (Å²) in [6, 6.07) is 0.684. The SMILES string of the molecule is CC(CNC(C)(C)C)C(C)N1CCCC(C)(C)CC1. The van der Waals surface area contributed by atoms with Crippen molar-refractivity contribution in [2.45, 2.75) is 79.3 Å². The number of rotatable bonds is 4. The van der Waals surface area contributed by atoms with Crippen molar-refractivity contribution in [2.75, 3.05) is 19.6 Å². The van der Waals surface area contributed by atoms with E-state index >= 15 is 0 Å². The number of nitrogens with one attached hydrogen (secondary N) is 1. The lowest BCUT2D eigenvalue weighted by Crippen LogP contribution is -2.45. The number of likely N-dealkylation sites (tertiary alicyclic amines) is 1. The van der Waals surface area contributed by atoms with E-state index in [0.29, 0.717) is 17.4 Å². The highest BCUT2D eigenvalue weighted by atomic mass is 15.2. The zero-order chi connectivity index (χ0) is 14.7. The molecule has 0 aromatic heterocycles. The van der Waals surface area contributed by atoms with Crippen LogP contribution in [0.1, 0.15) is 67.7 Å². The van der Waals surface area contributed by atoms with E-state index in [-0.39, 0.29) is 5.54 Å². The van der Waals surface area contributed by atoms with Crippen molar-refractivity contribution in [2.24, 2.45) is 11.3 Å². The van der Waals surface area contributed by atoms with Gasteiger partial charge in [-0.15, -0.1) is 0 Å². The van der Waals surface area contributed by atoms with E-state index in [9.17, 15) is 0 Å². The Balaban J connectivity index is 2.45. The van der Waals surface area contributed by atoms with Crippen LogP contribution in [0.25, 0.3) is 0 Å². The minimum atomic E-state index is 0.231. The van der Waals surface area contributed by atoms with Crippen LogP contribution in [0.2, 0.25) is 0 Å². The summed E-state index contributed by atoms with van der Waals surface area (Å²) >= 11 is 0. The smallest absolute Gasteiger partial charge is 0.0105 e. The van der Waals surface area contributed by atoms with Gasteiger partial charge in [-0.1, -0.05) is 20.8 Å². The molecule has 19 heavy (non-hydrogen) atoms. The summed E-state index contributed by atoms with van der Waals surface area (Å²) in [5.41, 5.74) is 0.774. The lowest BCUT2D eigenvalue weighted by molar-refractivity contribution is 0.155. The van der Waals surface area contributed by atoms with Gasteiger partial charge in [-0.3, -0.25) is 0 Å². The molecule has 0 saturated carbocycles. The fourth-order valence-corrected chi connectivity index (χ4v) is 2.85. The van der Waals surface area contributed by atoms with Gasteiger partial charge in [0.2, 0.25) is 0 Å². The second-order valence-electron chi connectivity index (χ2n) is 8.40. The van der Waals surface area contributed by atoms with Crippen molar-refractivity contribution in [1.29, 1.82) is 0 Å². The maximum Gasteiger partial charge on any atom is 0.0105 e. The van der Waals surface area contributed by atoms with Crippen LogP contribution in [0.4, 0.5) is 0 Å². The number of hydrogen-bond donors (Lipinski definition) is 1. The summed E-state index contributed by atoms with van der Waals surface area (Å²) in [5.74, 6) is 0.709. The highest BCUT2D eigenvalue weighted by Crippen LogP contribution is 2.31. The predicted octanol–water partition coefficient (Wildman–Crippen LogP) is 3.91. The van der Waals surface area contributed by atoms with Crippen molar-refractivity contribution in [3.63, 3.8) is 0 Å². The van der Waals surface area contributed by atoms with Gasteiger partial charge in [-0.2, -0.15) is 0 Å². The van der Waals surface area contributed by atoms with E-state index in [1.807, 2.05) is 0 Å². The molecule has 0 radical (unpaired) electrons. The van der Waals surface area contributed by atoms with E-state index in [1.165, 1.54) is 32.4 Å². The molecule has 1 aliphatic rings. The number of hydrogen-bond acceptors (Lipinski definition) is 2. The normalized spacial score (nSPS) is 24.8. The molecule has 0 aromatic rings. The Labute approximate surface area is 121 Å². The van der Waals surface area contributed by atoms with Crippen LogP contribution in [0.3, 0.4) is 0 Å². The molecule has 1 rings (SSSR count). The minimum absolute atomic E-state index is 0.231. The van der Waals surface area contributed by atoms with Crippen LogP contribution in [0, 0.1) is 11.3 Å². The lowest BCUT2D eigenvalue weighted by atomic mass is 9.85. The summed E-state index contributed by atoms with van der Waals surface area (Å²) < 4.78 is 0. The van der Waals surface area contributed by atoms with Gasteiger partial charge >= 0.3 is 0 Å². The summed E-state index contributed by atoms with van der Waals surface area (Å²) in [6.07, 6.45) is 4.08. The molecule has 1 heterocycles. The van der Waals surface area contributed by atoms with Crippen LogP contribution in [-0.2, 0) is 0 Å². The third-order valence-electron chi connectivity index (χ3n) is 4.73. The summed E-state index contributed by atoms with van der Waals surface area (Å²) in [4.78, 5) is 2.71. The summed E-state index contributed by atoms with van der Waals surface area (Å²) in [7, 11) is 0. The second kappa shape index (κ2) is 6.58. The number of nitrogens with zero attached hydrogens (tertiary/aromatic N) is 1. The average molecular weight is 268 g/mol. The van der Waals surface area contributed by atoms with Crippen molar-refractivity contribution >= 4 is 0 Å². The highest BCUT2D eigenvalue weighted by molar-refractivity contribution is 4.82. The molecule has 0 spiro atoms. The molecule has 2 atom stereocenters. The van der Waals surface area contributed by atoms with Crippen molar-refractivity contribution in [3.05, 3.63) is 0 Å². The first-order chi connectivity index (χ1) is 8.61. The molecule has 2 heteroatoms. The maximum absolute atomic E-state index is 3.65. The Morgan fingerprint density at radius 1 is 1.11 bits per heavy atom. The van der Waals surface area contributed by atoms with Crippen LogP contribution in [0.15, 0.2) is 0 Å². The Morgan fingerprint density at radius 3 is 2.32 bits per heavy atom. The average Bonchev–Trinajstić information content (AvgIpc) is 2.45. The molecule has 2 nitrogen and oxygen atoms in total. The highest BCUT2D eigenvalue weighted by Gasteiger charge is 2.27. The van der Waals surface area contributed by atoms with Crippen LogP contribution >= 0.6 is 0 Å². The first-order valence-corrected chi connectivity index (χ1v) is 8.10. The molecule has 0 bridgehead atoms. The molecule has 114 valence electrons. The first-order valence-electron chi connectivity index (χ1n) is 8.10. The Bertz CT molecular complexity index is 265. The van der Waals surface area contributed by atoms with Gasteiger partial charge in [0.25, 0.3) is 0 Å². The van der Waals surface area contributed by atoms with E-state index < -0.39 is 0 Å². The molecule has 0 aliphatic carbocycles. The third-order valence-corrected chi connectivity index (χ3v) is 4.73. The fourth-order valence-electron chi connectivity index (χ4n) is 2.85. The molecule has 2 unspecified atom stereocenters. The minimum Gasteiger partial charge on any atom is -0.312 e. The van der Waals surface area contributed by atoms with E-state index in [1.54, 1.807) is 0 Å². The molecule has 1 fully saturated rings. The largest absolute Gasteiger partial charge is 0.312 e. The van der Waals surface area contributed by atoms with Crippen molar-refractivity contribution < 1.29 is 0 Å². The van der Waals surface area contributed by atoms with Crippen LogP contribution in [0.5, 0.6) is 0 Å². The standard InChI is InChI=1S/C17H36N2/c1-14(13-18-16(3,4)5)15(2)19-11-8-9-17(6,7)10-12-19/h14-15,18H,8-13H2,1-7H3. The molecule has 0 amide bonds. The summed E-state index contributed by atoms with van der Waals surface area (Å²) in [5, 5.41) is 3.65. The first kappa shape index (κ1) is 17.0. The van der Waals surface area contributed by atoms with Crippen LogP contribution in [-0.4, -0.2) is 36.1 Å². The fraction of sp³-hybridized carbons (Fsp3) is 1.00. The van der Waals surface area contributed by atoms with E-state index in [0.717, 1.165) is 6.54 Å². The van der Waals surface area contributed by atoms with Gasteiger partial charge in [0.15, 0.2) is 0 Å². The van der Waals surface area contributed by atoms with Gasteiger partial charge in [0, 0.05) is 11.6 Å². The molecule has 1 N–H and O–H groups in total. The second-order valence-corrected chi connectivity index (χ2v) is 8.40. The van der Waals surface area contributed by atoms with Crippen molar-refractivity contribution in [3.8, 4) is 0 Å². The zero-order valence-electron chi connectivity index (χ0n) is 14.3. The van der Waals surface area contributed by atoms with Gasteiger partial charge in [0.1, 0.15) is 0 Å². The topological polar surface area (TPSA) is 15.3 Å². The molecular weight excluding hydrogens is 232 g/mol. The monoisotopic (exact) mass is 268 g/mol. The quantitative estimate of drug-likeness (QED) is 0.831. The maximum atomic E-state index is 3.65. The third kappa shape index (κ3) is 6.27. The molecular formula is C17H36N2. The van der Waals surface area contributed by atoms with Crippen molar-refractivity contribution in [1.82, 2.24) is 10.2 Å². The Morgan fingerprint density at radius 2 is 1.74 bits per heavy atom. The van der Waals surface area contributed by atoms with Gasteiger partial charge in [-0.05, 0) is 77.9 Å².